The van der Waals surface area contributed by atoms with Gasteiger partial charge in [-0.2, -0.15) is 5.10 Å². The molecule has 5 heteroatoms. The Morgan fingerprint density at radius 2 is 1.82 bits per heavy atom. The van der Waals surface area contributed by atoms with Crippen LogP contribution in [0.15, 0.2) is 59.7 Å². The molecule has 0 aliphatic carbocycles. The van der Waals surface area contributed by atoms with Gasteiger partial charge in [-0.1, -0.05) is 37.3 Å². The topological polar surface area (TPSA) is 45.6 Å². The lowest BCUT2D eigenvalue weighted by Gasteiger charge is -2.09. The van der Waals surface area contributed by atoms with Crippen molar-refractivity contribution in [2.24, 2.45) is 5.10 Å². The van der Waals surface area contributed by atoms with Crippen molar-refractivity contribution < 1.29 is 4.74 Å². The number of anilines is 1. The molecule has 4 nitrogen and oxygen atoms in total. The van der Waals surface area contributed by atoms with Crippen LogP contribution in [0, 0.1) is 0 Å². The predicted octanol–water partition coefficient (Wildman–Crippen LogP) is 3.77. The Bertz CT molecular complexity index is 626. The molecular weight excluding hydrogens is 294 g/mol. The number of benzene rings is 2. The van der Waals surface area contributed by atoms with Crippen molar-refractivity contribution in [1.82, 2.24) is 5.43 Å². The van der Waals surface area contributed by atoms with E-state index in [1.165, 1.54) is 5.56 Å². The van der Waals surface area contributed by atoms with Crippen LogP contribution in [0.25, 0.3) is 0 Å². The van der Waals surface area contributed by atoms with Gasteiger partial charge in [0.1, 0.15) is 5.75 Å². The highest BCUT2D eigenvalue weighted by Crippen LogP contribution is 2.15. The first kappa shape index (κ1) is 16.0. The molecule has 2 rings (SSSR count). The Kier molecular flexibility index (Phi) is 5.91. The van der Waals surface area contributed by atoms with Gasteiger partial charge in [-0.15, -0.1) is 0 Å². The van der Waals surface area contributed by atoms with Crippen molar-refractivity contribution in [2.45, 2.75) is 12.8 Å². The van der Waals surface area contributed by atoms with Gasteiger partial charge in [0.2, 0.25) is 0 Å². The molecule has 0 aliphatic rings. The number of hydrogen-bond donors (Lipinski definition) is 2. The van der Waals surface area contributed by atoms with Gasteiger partial charge in [0.25, 0.3) is 0 Å². The van der Waals surface area contributed by atoms with E-state index in [-0.39, 0.29) is 5.92 Å². The van der Waals surface area contributed by atoms with Gasteiger partial charge in [-0.25, -0.2) is 0 Å². The zero-order valence-corrected chi connectivity index (χ0v) is 13.4. The monoisotopic (exact) mass is 313 g/mol. The molecule has 0 saturated heterocycles. The number of nitrogens with one attached hydrogen (secondary N) is 2. The highest BCUT2D eigenvalue weighted by Gasteiger charge is 2.01. The zero-order valence-electron chi connectivity index (χ0n) is 12.6. The maximum atomic E-state index is 5.20. The van der Waals surface area contributed by atoms with Gasteiger partial charge in [0.05, 0.1) is 7.11 Å². The highest BCUT2D eigenvalue weighted by atomic mass is 32.1. The third-order valence-corrected chi connectivity index (χ3v) is 3.33. The van der Waals surface area contributed by atoms with Crippen LogP contribution in [-0.2, 0) is 0 Å². The fraction of sp³-hybridized carbons (Fsp3) is 0.176. The Balaban J connectivity index is 1.83. The Morgan fingerprint density at radius 1 is 1.14 bits per heavy atom. The van der Waals surface area contributed by atoms with Crippen LogP contribution >= 0.6 is 12.2 Å². The van der Waals surface area contributed by atoms with Crippen LogP contribution < -0.4 is 15.5 Å². The molecular formula is C17H19N3OS. The van der Waals surface area contributed by atoms with Crippen LogP contribution in [-0.4, -0.2) is 18.4 Å². The highest BCUT2D eigenvalue weighted by molar-refractivity contribution is 7.80. The molecule has 2 aromatic carbocycles. The average molecular weight is 313 g/mol. The quantitative estimate of drug-likeness (QED) is 0.501. The first-order valence-corrected chi connectivity index (χ1v) is 7.39. The number of nitrogens with zero attached hydrogens (tertiary/aromatic N) is 1. The summed E-state index contributed by atoms with van der Waals surface area (Å²) in [4.78, 5) is 0. The van der Waals surface area contributed by atoms with Crippen LogP contribution in [0.4, 0.5) is 5.69 Å². The molecule has 2 N–H and O–H groups in total. The van der Waals surface area contributed by atoms with Crippen molar-refractivity contribution in [1.29, 1.82) is 0 Å². The molecule has 0 heterocycles. The van der Waals surface area contributed by atoms with Gasteiger partial charge in [0, 0.05) is 17.8 Å². The van der Waals surface area contributed by atoms with E-state index in [9.17, 15) is 0 Å². The van der Waals surface area contributed by atoms with Gasteiger partial charge >= 0.3 is 0 Å². The fourth-order valence-corrected chi connectivity index (χ4v) is 2.05. The second kappa shape index (κ2) is 8.14. The van der Waals surface area contributed by atoms with E-state index in [1.807, 2.05) is 48.7 Å². The maximum absolute atomic E-state index is 5.20. The van der Waals surface area contributed by atoms with E-state index < -0.39 is 0 Å². The lowest BCUT2D eigenvalue weighted by Crippen LogP contribution is -2.24. The summed E-state index contributed by atoms with van der Waals surface area (Å²) in [5.74, 6) is 1.02. The largest absolute Gasteiger partial charge is 0.497 e. The van der Waals surface area contributed by atoms with E-state index in [0.717, 1.165) is 11.4 Å². The third-order valence-electron chi connectivity index (χ3n) is 3.14. The second-order valence-corrected chi connectivity index (χ2v) is 5.18. The normalized spacial score (nSPS) is 11.9. The second-order valence-electron chi connectivity index (χ2n) is 4.77. The Hall–Kier alpha value is -2.40. The molecule has 22 heavy (non-hydrogen) atoms. The van der Waals surface area contributed by atoms with E-state index in [1.54, 1.807) is 7.11 Å². The molecule has 0 fully saturated rings. The summed E-state index contributed by atoms with van der Waals surface area (Å²) in [5, 5.41) is 7.68. The smallest absolute Gasteiger partial charge is 0.191 e. The molecule has 2 aromatic rings. The molecule has 1 atom stereocenters. The lowest BCUT2D eigenvalue weighted by molar-refractivity contribution is 0.415. The van der Waals surface area contributed by atoms with Crippen LogP contribution in [0.3, 0.4) is 0 Å². The first-order chi connectivity index (χ1) is 10.7. The van der Waals surface area contributed by atoms with Crippen molar-refractivity contribution >= 4 is 29.2 Å². The van der Waals surface area contributed by atoms with Crippen LogP contribution in [0.2, 0.25) is 0 Å². The molecule has 114 valence electrons. The van der Waals surface area contributed by atoms with Gasteiger partial charge in [0.15, 0.2) is 5.11 Å². The average Bonchev–Trinajstić information content (AvgIpc) is 2.56. The zero-order chi connectivity index (χ0) is 15.8. The Labute approximate surface area is 136 Å². The summed E-state index contributed by atoms with van der Waals surface area (Å²) >= 11 is 5.20. The van der Waals surface area contributed by atoms with E-state index in [0.29, 0.717) is 5.11 Å². The number of hydrazone groups is 1. The summed E-state index contributed by atoms with van der Waals surface area (Å²) in [7, 11) is 1.64. The minimum atomic E-state index is 0.220. The molecule has 0 unspecified atom stereocenters. The number of thiocarbonyl (C=S) groups is 1. The molecule has 0 radical (unpaired) electrons. The summed E-state index contributed by atoms with van der Waals surface area (Å²) in [6, 6.07) is 17.7. The molecule has 0 aromatic heterocycles. The van der Waals surface area contributed by atoms with Gasteiger partial charge < -0.3 is 10.1 Å². The van der Waals surface area contributed by atoms with E-state index >= 15 is 0 Å². The number of rotatable bonds is 5. The molecule has 0 amide bonds. The number of hydrogen-bond acceptors (Lipinski definition) is 3. The standard InChI is InChI=1S/C17H19N3OS/c1-13(14-6-4-3-5-7-14)12-18-20-17(22)19-15-8-10-16(21-2)11-9-15/h3-13H,1-2H3,(H2,19,20,22)/b18-12-/t13-/m0/s1. The van der Waals surface area contributed by atoms with Crippen molar-refractivity contribution in [3.8, 4) is 5.75 Å². The number of methoxy groups -OCH3 is 1. The fourth-order valence-electron chi connectivity index (χ4n) is 1.88. The summed E-state index contributed by atoms with van der Waals surface area (Å²) in [6.45, 7) is 2.08. The summed E-state index contributed by atoms with van der Waals surface area (Å²) in [6.07, 6.45) is 1.83. The molecule has 0 spiro atoms. The molecule has 0 bridgehead atoms. The van der Waals surface area contributed by atoms with Crippen molar-refractivity contribution in [3.63, 3.8) is 0 Å². The van der Waals surface area contributed by atoms with Gasteiger partial charge in [-0.3, -0.25) is 5.43 Å². The van der Waals surface area contributed by atoms with Crippen molar-refractivity contribution in [3.05, 3.63) is 60.2 Å². The third kappa shape index (κ3) is 4.86. The van der Waals surface area contributed by atoms with Crippen molar-refractivity contribution in [2.75, 3.05) is 12.4 Å². The predicted molar refractivity (Wildman–Crippen MR) is 95.7 cm³/mol. The number of ether oxygens (including phenoxy) is 1. The SMILES string of the molecule is COc1ccc(NC(=S)N/N=C\[C@H](C)c2ccccc2)cc1. The van der Waals surface area contributed by atoms with Crippen LogP contribution in [0.5, 0.6) is 5.75 Å². The Morgan fingerprint density at radius 3 is 2.45 bits per heavy atom. The summed E-state index contributed by atoms with van der Waals surface area (Å²) < 4.78 is 5.11. The van der Waals surface area contributed by atoms with Gasteiger partial charge in [-0.05, 0) is 42.0 Å². The lowest BCUT2D eigenvalue weighted by atomic mass is 10.0. The summed E-state index contributed by atoms with van der Waals surface area (Å²) in [5.41, 5.74) is 4.91. The maximum Gasteiger partial charge on any atom is 0.191 e. The molecule has 0 aliphatic heterocycles. The van der Waals surface area contributed by atoms with E-state index in [2.05, 4.69) is 34.9 Å². The molecule has 0 saturated carbocycles. The first-order valence-electron chi connectivity index (χ1n) is 6.98. The van der Waals surface area contributed by atoms with Crippen LogP contribution in [0.1, 0.15) is 18.4 Å². The van der Waals surface area contributed by atoms with E-state index in [4.69, 9.17) is 17.0 Å². The minimum Gasteiger partial charge on any atom is -0.497 e. The minimum absolute atomic E-state index is 0.220.